The van der Waals surface area contributed by atoms with Gasteiger partial charge in [-0.2, -0.15) is 5.26 Å². The minimum Gasteiger partial charge on any atom is -0.487 e. The van der Waals surface area contributed by atoms with E-state index in [-0.39, 0.29) is 5.69 Å². The van der Waals surface area contributed by atoms with E-state index in [4.69, 9.17) is 4.74 Å². The van der Waals surface area contributed by atoms with Gasteiger partial charge in [0.1, 0.15) is 12.4 Å². The number of ether oxygens (including phenoxy) is 1. The Balaban J connectivity index is 1.86. The highest BCUT2D eigenvalue weighted by Crippen LogP contribution is 2.31. The van der Waals surface area contributed by atoms with Crippen molar-refractivity contribution in [3.8, 4) is 11.8 Å². The van der Waals surface area contributed by atoms with Crippen LogP contribution >= 0.6 is 61.1 Å². The molecule has 0 unspecified atom stereocenters. The van der Waals surface area contributed by atoms with Crippen LogP contribution in [0.4, 0.5) is 5.69 Å². The maximum Gasteiger partial charge on any atom is 0.270 e. The van der Waals surface area contributed by atoms with Gasteiger partial charge in [-0.3, -0.25) is 10.1 Å². The molecule has 0 fully saturated rings. The number of nitrogens with zero attached hydrogens (tertiary/aromatic N) is 2. The second kappa shape index (κ2) is 10.4. The maximum atomic E-state index is 11.0. The average Bonchev–Trinajstić information content (AvgIpc) is 2.72. The summed E-state index contributed by atoms with van der Waals surface area (Å²) in [4.78, 5) is 10.5. The Morgan fingerprint density at radius 2 is 1.80 bits per heavy atom. The molecule has 0 bridgehead atoms. The van der Waals surface area contributed by atoms with Gasteiger partial charge < -0.3 is 4.74 Å². The van der Waals surface area contributed by atoms with E-state index in [9.17, 15) is 15.4 Å². The average molecular weight is 687 g/mol. The van der Waals surface area contributed by atoms with Gasteiger partial charge in [0.25, 0.3) is 5.69 Å². The monoisotopic (exact) mass is 686 g/mol. The Kier molecular flexibility index (Phi) is 7.85. The topological polar surface area (TPSA) is 76.2 Å². The molecule has 150 valence electrons. The van der Waals surface area contributed by atoms with Crippen LogP contribution in [0, 0.1) is 28.6 Å². The van der Waals surface area contributed by atoms with Crippen LogP contribution in [0.1, 0.15) is 16.7 Å². The number of benzene rings is 3. The van der Waals surface area contributed by atoms with Crippen LogP contribution in [0.2, 0.25) is 0 Å². The molecule has 30 heavy (non-hydrogen) atoms. The Morgan fingerprint density at radius 3 is 2.40 bits per heavy atom. The van der Waals surface area contributed by atoms with Crippen molar-refractivity contribution in [2.75, 3.05) is 0 Å². The zero-order chi connectivity index (χ0) is 21.7. The van der Waals surface area contributed by atoms with Crippen LogP contribution in [0.15, 0.2) is 65.1 Å². The molecule has 0 aliphatic heterocycles. The van der Waals surface area contributed by atoms with E-state index in [0.29, 0.717) is 17.7 Å². The second-order valence-electron chi connectivity index (χ2n) is 6.21. The number of hydrogen-bond acceptors (Lipinski definition) is 4. The van der Waals surface area contributed by atoms with Gasteiger partial charge in [0.15, 0.2) is 0 Å². The maximum absolute atomic E-state index is 11.0. The molecule has 3 aromatic carbocycles. The highest BCUT2D eigenvalue weighted by atomic mass is 127. The van der Waals surface area contributed by atoms with Gasteiger partial charge in [-0.1, -0.05) is 40.2 Å². The summed E-state index contributed by atoms with van der Waals surface area (Å²) in [6, 6.07) is 20.0. The Bertz CT molecular complexity index is 1150. The molecule has 0 atom stereocenters. The van der Waals surface area contributed by atoms with Crippen LogP contribution < -0.4 is 4.74 Å². The first-order valence-corrected chi connectivity index (χ1v) is 11.6. The van der Waals surface area contributed by atoms with Gasteiger partial charge >= 0.3 is 0 Å². The summed E-state index contributed by atoms with van der Waals surface area (Å²) in [6.45, 7) is 0.450. The van der Waals surface area contributed by atoms with Gasteiger partial charge in [-0.15, -0.1) is 0 Å². The SMILES string of the molecule is N#C/C(=C/c1cc(I)c(OCc2ccc(Br)cc2)c(I)c1)c1cccc([N+](=O)[O-])c1. The van der Waals surface area contributed by atoms with Gasteiger partial charge in [0, 0.05) is 16.6 Å². The molecular weight excluding hydrogens is 674 g/mol. The molecular formula is C22H13BrI2N2O3. The van der Waals surface area contributed by atoms with Crippen molar-refractivity contribution in [1.82, 2.24) is 0 Å². The molecule has 0 aromatic heterocycles. The number of nitro groups is 1. The first-order chi connectivity index (χ1) is 14.4. The number of nitriles is 1. The van der Waals surface area contributed by atoms with Crippen molar-refractivity contribution < 1.29 is 9.66 Å². The van der Waals surface area contributed by atoms with Crippen molar-refractivity contribution in [3.05, 3.63) is 99.1 Å². The third kappa shape index (κ3) is 5.80. The molecule has 3 aromatic rings. The van der Waals surface area contributed by atoms with E-state index >= 15 is 0 Å². The number of nitro benzene ring substituents is 1. The van der Waals surface area contributed by atoms with Crippen molar-refractivity contribution >= 4 is 78.4 Å². The number of rotatable bonds is 6. The Labute approximate surface area is 209 Å². The largest absolute Gasteiger partial charge is 0.487 e. The molecule has 3 rings (SSSR count). The van der Waals surface area contributed by atoms with E-state index in [2.05, 4.69) is 67.2 Å². The van der Waals surface area contributed by atoms with E-state index in [1.807, 2.05) is 36.4 Å². The van der Waals surface area contributed by atoms with E-state index < -0.39 is 4.92 Å². The lowest BCUT2D eigenvalue weighted by Crippen LogP contribution is -1.99. The highest BCUT2D eigenvalue weighted by molar-refractivity contribution is 14.1. The van der Waals surface area contributed by atoms with Crippen molar-refractivity contribution in [3.63, 3.8) is 0 Å². The molecule has 0 aliphatic carbocycles. The molecule has 0 spiro atoms. The van der Waals surface area contributed by atoms with Crippen LogP contribution in [0.5, 0.6) is 5.75 Å². The van der Waals surface area contributed by atoms with Crippen molar-refractivity contribution in [1.29, 1.82) is 5.26 Å². The lowest BCUT2D eigenvalue weighted by Gasteiger charge is -2.12. The number of hydrogen-bond donors (Lipinski definition) is 0. The highest BCUT2D eigenvalue weighted by Gasteiger charge is 2.12. The van der Waals surface area contributed by atoms with Gasteiger partial charge in [0.05, 0.1) is 23.7 Å². The zero-order valence-electron chi connectivity index (χ0n) is 15.3. The van der Waals surface area contributed by atoms with E-state index in [1.165, 1.54) is 12.1 Å². The normalized spacial score (nSPS) is 11.1. The Morgan fingerprint density at radius 1 is 1.13 bits per heavy atom. The number of allylic oxidation sites excluding steroid dienone is 1. The summed E-state index contributed by atoms with van der Waals surface area (Å²) < 4.78 is 8.86. The molecule has 0 amide bonds. The summed E-state index contributed by atoms with van der Waals surface area (Å²) in [5.74, 6) is 0.783. The molecule has 0 saturated heterocycles. The summed E-state index contributed by atoms with van der Waals surface area (Å²) in [5.41, 5.74) is 2.70. The smallest absolute Gasteiger partial charge is 0.270 e. The quantitative estimate of drug-likeness (QED) is 0.0904. The molecule has 0 aliphatic rings. The van der Waals surface area contributed by atoms with Gasteiger partial charge in [-0.05, 0) is 92.2 Å². The number of non-ortho nitro benzene ring substituents is 1. The summed E-state index contributed by atoms with van der Waals surface area (Å²) in [7, 11) is 0. The van der Waals surface area contributed by atoms with Crippen molar-refractivity contribution in [2.24, 2.45) is 0 Å². The lowest BCUT2D eigenvalue weighted by molar-refractivity contribution is -0.384. The summed E-state index contributed by atoms with van der Waals surface area (Å²) in [5, 5.41) is 20.6. The minimum atomic E-state index is -0.470. The van der Waals surface area contributed by atoms with Crippen LogP contribution in [-0.4, -0.2) is 4.92 Å². The first kappa shape index (κ1) is 22.7. The third-order valence-electron chi connectivity index (χ3n) is 4.12. The molecule has 0 saturated carbocycles. The van der Waals surface area contributed by atoms with Crippen LogP contribution in [-0.2, 0) is 6.61 Å². The Hall–Kier alpha value is -1.97. The van der Waals surface area contributed by atoms with Crippen molar-refractivity contribution in [2.45, 2.75) is 6.61 Å². The predicted octanol–water partition coefficient (Wildman–Crippen LogP) is 7.21. The molecule has 0 N–H and O–H groups in total. The predicted molar refractivity (Wildman–Crippen MR) is 137 cm³/mol. The fourth-order valence-electron chi connectivity index (χ4n) is 2.67. The van der Waals surface area contributed by atoms with Gasteiger partial charge in [-0.25, -0.2) is 0 Å². The third-order valence-corrected chi connectivity index (χ3v) is 6.25. The van der Waals surface area contributed by atoms with Gasteiger partial charge in [0.2, 0.25) is 0 Å². The first-order valence-electron chi connectivity index (χ1n) is 8.60. The van der Waals surface area contributed by atoms with E-state index in [1.54, 1.807) is 18.2 Å². The fraction of sp³-hybridized carbons (Fsp3) is 0.0455. The molecule has 8 heteroatoms. The second-order valence-corrected chi connectivity index (χ2v) is 9.45. The summed E-state index contributed by atoms with van der Waals surface area (Å²) in [6.07, 6.45) is 1.72. The van der Waals surface area contributed by atoms with Crippen LogP contribution in [0.25, 0.3) is 11.6 Å². The molecule has 0 radical (unpaired) electrons. The van der Waals surface area contributed by atoms with Crippen LogP contribution in [0.3, 0.4) is 0 Å². The minimum absolute atomic E-state index is 0.0468. The lowest BCUT2D eigenvalue weighted by atomic mass is 10.0. The fourth-order valence-corrected chi connectivity index (χ4v) is 5.06. The molecule has 0 heterocycles. The zero-order valence-corrected chi connectivity index (χ0v) is 21.2. The molecule has 5 nitrogen and oxygen atoms in total. The van der Waals surface area contributed by atoms with E-state index in [0.717, 1.165) is 28.5 Å². The number of halogens is 3. The summed E-state index contributed by atoms with van der Waals surface area (Å²) >= 11 is 7.84. The standard InChI is InChI=1S/C22H13BrI2N2O3/c23-18-6-4-14(5-7-18)13-30-22-20(24)9-15(10-21(22)25)8-17(12-26)16-2-1-3-19(11-16)27(28)29/h1-11H,13H2/b17-8-.